The minimum absolute atomic E-state index is 0.133. The zero-order valence-electron chi connectivity index (χ0n) is 10.7. The Morgan fingerprint density at radius 1 is 1.24 bits per heavy atom. The Bertz CT molecular complexity index is 344. The summed E-state index contributed by atoms with van der Waals surface area (Å²) in [5, 5.41) is 10.2. The van der Waals surface area contributed by atoms with Crippen LogP contribution in [0.3, 0.4) is 0 Å². The maximum absolute atomic E-state index is 10.2. The lowest BCUT2D eigenvalue weighted by molar-refractivity contribution is 0.0254. The Hall–Kier alpha value is -1.02. The molecule has 0 bridgehead atoms. The van der Waals surface area contributed by atoms with Gasteiger partial charge in [0.05, 0.1) is 13.2 Å². The zero-order chi connectivity index (χ0) is 12.3. The minimum atomic E-state index is -0.133. The molecule has 0 heterocycles. The lowest BCUT2D eigenvalue weighted by Crippen LogP contribution is -2.32. The largest absolute Gasteiger partial charge is 0.497 e. The monoisotopic (exact) mass is 234 g/mol. The van der Waals surface area contributed by atoms with E-state index in [2.05, 4.69) is 19.1 Å². The van der Waals surface area contributed by atoms with Crippen LogP contribution in [0.5, 0.6) is 5.75 Å². The highest BCUT2D eigenvalue weighted by atomic mass is 16.5. The summed E-state index contributed by atoms with van der Waals surface area (Å²) in [6, 6.07) is 8.19. The van der Waals surface area contributed by atoms with Crippen molar-refractivity contribution in [2.75, 3.05) is 7.11 Å². The number of aliphatic hydroxyl groups is 1. The lowest BCUT2D eigenvalue weighted by Gasteiger charge is -2.32. The van der Waals surface area contributed by atoms with Gasteiger partial charge in [0.25, 0.3) is 0 Å². The van der Waals surface area contributed by atoms with Gasteiger partial charge in [-0.1, -0.05) is 25.5 Å². The summed E-state index contributed by atoms with van der Waals surface area (Å²) < 4.78 is 5.15. The number of methoxy groups -OCH3 is 1. The standard InChI is InChI=1S/C15H22O2/c1-11-4-3-5-13(15(11)16)10-12-6-8-14(17-2)9-7-12/h6-9,11,13,15-16H,3-5,10H2,1-2H3/t11-,13-,15+/m0/s1. The normalized spacial score (nSPS) is 29.0. The molecule has 2 nitrogen and oxygen atoms in total. The molecule has 1 aromatic rings. The van der Waals surface area contributed by atoms with Crippen molar-refractivity contribution >= 4 is 0 Å². The molecule has 0 aliphatic heterocycles. The fourth-order valence-corrected chi connectivity index (χ4v) is 2.80. The molecular weight excluding hydrogens is 212 g/mol. The minimum Gasteiger partial charge on any atom is -0.497 e. The number of aliphatic hydroxyl groups excluding tert-OH is 1. The predicted octanol–water partition coefficient (Wildman–Crippen LogP) is 3.03. The van der Waals surface area contributed by atoms with Crippen LogP contribution < -0.4 is 4.74 Å². The van der Waals surface area contributed by atoms with Crippen molar-refractivity contribution in [1.29, 1.82) is 0 Å². The topological polar surface area (TPSA) is 29.5 Å². The predicted molar refractivity (Wildman–Crippen MR) is 69.2 cm³/mol. The number of benzene rings is 1. The molecule has 0 spiro atoms. The number of rotatable bonds is 3. The van der Waals surface area contributed by atoms with Crippen molar-refractivity contribution in [1.82, 2.24) is 0 Å². The van der Waals surface area contributed by atoms with Gasteiger partial charge in [0.1, 0.15) is 5.75 Å². The van der Waals surface area contributed by atoms with Gasteiger partial charge in [-0.05, 0) is 48.8 Å². The average Bonchev–Trinajstić information content (AvgIpc) is 2.36. The molecule has 94 valence electrons. The molecular formula is C15H22O2. The molecule has 2 rings (SSSR count). The first-order chi connectivity index (χ1) is 8.20. The van der Waals surface area contributed by atoms with Gasteiger partial charge in [0.15, 0.2) is 0 Å². The van der Waals surface area contributed by atoms with Crippen molar-refractivity contribution in [3.8, 4) is 5.75 Å². The van der Waals surface area contributed by atoms with Crippen LogP contribution in [0, 0.1) is 11.8 Å². The van der Waals surface area contributed by atoms with Gasteiger partial charge in [0, 0.05) is 0 Å². The third kappa shape index (κ3) is 3.01. The summed E-state index contributed by atoms with van der Waals surface area (Å²) in [6.45, 7) is 2.16. The highest BCUT2D eigenvalue weighted by Gasteiger charge is 2.28. The van der Waals surface area contributed by atoms with Gasteiger partial charge in [-0.3, -0.25) is 0 Å². The summed E-state index contributed by atoms with van der Waals surface area (Å²) in [7, 11) is 1.68. The molecule has 1 aliphatic carbocycles. The third-order valence-corrected chi connectivity index (χ3v) is 3.96. The van der Waals surface area contributed by atoms with E-state index in [4.69, 9.17) is 4.74 Å². The first kappa shape index (κ1) is 12.4. The van der Waals surface area contributed by atoms with Gasteiger partial charge >= 0.3 is 0 Å². The maximum atomic E-state index is 10.2. The van der Waals surface area contributed by atoms with Crippen molar-refractivity contribution < 1.29 is 9.84 Å². The Kier molecular flexibility index (Phi) is 4.06. The van der Waals surface area contributed by atoms with Crippen LogP contribution in [0.2, 0.25) is 0 Å². The second-order valence-electron chi connectivity index (χ2n) is 5.21. The molecule has 0 radical (unpaired) electrons. The molecule has 0 amide bonds. The highest BCUT2D eigenvalue weighted by Crippen LogP contribution is 2.31. The molecule has 2 heteroatoms. The molecule has 17 heavy (non-hydrogen) atoms. The summed E-state index contributed by atoms with van der Waals surface area (Å²) >= 11 is 0. The van der Waals surface area contributed by atoms with Crippen molar-refractivity contribution in [2.45, 2.75) is 38.7 Å². The van der Waals surface area contributed by atoms with Crippen LogP contribution in [-0.4, -0.2) is 18.3 Å². The maximum Gasteiger partial charge on any atom is 0.118 e. The molecule has 0 unspecified atom stereocenters. The molecule has 1 aromatic carbocycles. The molecule has 3 atom stereocenters. The highest BCUT2D eigenvalue weighted by molar-refractivity contribution is 5.27. The first-order valence-corrected chi connectivity index (χ1v) is 6.51. The summed E-state index contributed by atoms with van der Waals surface area (Å²) in [4.78, 5) is 0. The first-order valence-electron chi connectivity index (χ1n) is 6.51. The number of hydrogen-bond acceptors (Lipinski definition) is 2. The van der Waals surface area contributed by atoms with E-state index >= 15 is 0 Å². The second-order valence-corrected chi connectivity index (χ2v) is 5.21. The molecule has 0 saturated heterocycles. The number of hydrogen-bond donors (Lipinski definition) is 1. The third-order valence-electron chi connectivity index (χ3n) is 3.96. The van der Waals surface area contributed by atoms with Crippen molar-refractivity contribution in [2.24, 2.45) is 11.8 Å². The average molecular weight is 234 g/mol. The Balaban J connectivity index is 1.99. The van der Waals surface area contributed by atoms with E-state index in [9.17, 15) is 5.11 Å². The Labute approximate surface area is 104 Å². The van der Waals surface area contributed by atoms with E-state index < -0.39 is 0 Å². The van der Waals surface area contributed by atoms with Gasteiger partial charge in [0.2, 0.25) is 0 Å². The van der Waals surface area contributed by atoms with Gasteiger partial charge in [-0.25, -0.2) is 0 Å². The van der Waals surface area contributed by atoms with Crippen LogP contribution >= 0.6 is 0 Å². The fraction of sp³-hybridized carbons (Fsp3) is 0.600. The van der Waals surface area contributed by atoms with Crippen LogP contribution in [0.15, 0.2) is 24.3 Å². The van der Waals surface area contributed by atoms with Crippen LogP contribution in [0.25, 0.3) is 0 Å². The fourth-order valence-electron chi connectivity index (χ4n) is 2.80. The summed E-state index contributed by atoms with van der Waals surface area (Å²) in [5.41, 5.74) is 1.30. The van der Waals surface area contributed by atoms with Crippen molar-refractivity contribution in [3.05, 3.63) is 29.8 Å². The quantitative estimate of drug-likeness (QED) is 0.871. The SMILES string of the molecule is COc1ccc(C[C@@H]2CCC[C@H](C)[C@H]2O)cc1. The Morgan fingerprint density at radius 2 is 1.94 bits per heavy atom. The Morgan fingerprint density at radius 3 is 2.59 bits per heavy atom. The molecule has 0 aromatic heterocycles. The second kappa shape index (κ2) is 5.54. The lowest BCUT2D eigenvalue weighted by atomic mass is 9.77. The van der Waals surface area contributed by atoms with E-state index in [1.54, 1.807) is 7.11 Å². The van der Waals surface area contributed by atoms with Crippen LogP contribution in [0.1, 0.15) is 31.7 Å². The summed E-state index contributed by atoms with van der Waals surface area (Å²) in [6.07, 6.45) is 4.41. The van der Waals surface area contributed by atoms with E-state index in [1.807, 2.05) is 12.1 Å². The van der Waals surface area contributed by atoms with E-state index in [0.29, 0.717) is 11.8 Å². The number of ether oxygens (including phenoxy) is 1. The smallest absolute Gasteiger partial charge is 0.118 e. The van der Waals surface area contributed by atoms with Gasteiger partial charge in [-0.2, -0.15) is 0 Å². The van der Waals surface area contributed by atoms with E-state index in [1.165, 1.54) is 18.4 Å². The van der Waals surface area contributed by atoms with E-state index in [-0.39, 0.29) is 6.10 Å². The zero-order valence-corrected chi connectivity index (χ0v) is 10.7. The van der Waals surface area contributed by atoms with Crippen LogP contribution in [0.4, 0.5) is 0 Å². The van der Waals surface area contributed by atoms with Gasteiger partial charge < -0.3 is 9.84 Å². The molecule has 1 saturated carbocycles. The molecule has 1 aliphatic rings. The van der Waals surface area contributed by atoms with Crippen LogP contribution in [-0.2, 0) is 6.42 Å². The molecule has 1 N–H and O–H groups in total. The van der Waals surface area contributed by atoms with Gasteiger partial charge in [-0.15, -0.1) is 0 Å². The van der Waals surface area contributed by atoms with Crippen molar-refractivity contribution in [3.63, 3.8) is 0 Å². The van der Waals surface area contributed by atoms with E-state index in [0.717, 1.165) is 18.6 Å². The summed E-state index contributed by atoms with van der Waals surface area (Å²) in [5.74, 6) is 1.77. The molecule has 1 fully saturated rings.